The Hall–Kier alpha value is -1.06. The SMILES string of the molecule is COCc1cccc2c1NC2OC. The van der Waals surface area contributed by atoms with Gasteiger partial charge >= 0.3 is 0 Å². The highest BCUT2D eigenvalue weighted by molar-refractivity contribution is 5.66. The molecule has 1 aromatic carbocycles. The van der Waals surface area contributed by atoms with Crippen LogP contribution in [0.5, 0.6) is 0 Å². The maximum Gasteiger partial charge on any atom is 0.155 e. The molecular formula is C10H13NO2. The summed E-state index contributed by atoms with van der Waals surface area (Å²) in [7, 11) is 3.40. The molecule has 1 atom stereocenters. The summed E-state index contributed by atoms with van der Waals surface area (Å²) in [6, 6.07) is 6.15. The van der Waals surface area contributed by atoms with Crippen molar-refractivity contribution in [3.8, 4) is 0 Å². The van der Waals surface area contributed by atoms with E-state index >= 15 is 0 Å². The van der Waals surface area contributed by atoms with Gasteiger partial charge in [-0.05, 0) is 0 Å². The molecule has 0 saturated carbocycles. The molecule has 0 fully saturated rings. The molecule has 0 spiro atoms. The van der Waals surface area contributed by atoms with Crippen molar-refractivity contribution in [3.05, 3.63) is 29.3 Å². The summed E-state index contributed by atoms with van der Waals surface area (Å²) in [6.07, 6.45) is 0.0619. The van der Waals surface area contributed by atoms with E-state index in [0.717, 1.165) is 5.69 Å². The highest BCUT2D eigenvalue weighted by Crippen LogP contribution is 2.39. The molecule has 0 radical (unpaired) electrons. The molecule has 70 valence electrons. The van der Waals surface area contributed by atoms with Crippen molar-refractivity contribution >= 4 is 5.69 Å². The summed E-state index contributed by atoms with van der Waals surface area (Å²) in [5.74, 6) is 0. The second-order valence-electron chi connectivity index (χ2n) is 3.07. The Morgan fingerprint density at radius 2 is 2.23 bits per heavy atom. The summed E-state index contributed by atoms with van der Waals surface area (Å²) in [4.78, 5) is 0. The van der Waals surface area contributed by atoms with E-state index in [4.69, 9.17) is 9.47 Å². The third-order valence-electron chi connectivity index (χ3n) is 2.28. The van der Waals surface area contributed by atoms with Gasteiger partial charge in [0.15, 0.2) is 6.23 Å². The van der Waals surface area contributed by atoms with E-state index in [2.05, 4.69) is 17.4 Å². The Balaban J connectivity index is 2.27. The van der Waals surface area contributed by atoms with Crippen LogP contribution in [-0.2, 0) is 16.1 Å². The smallest absolute Gasteiger partial charge is 0.155 e. The van der Waals surface area contributed by atoms with Crippen LogP contribution in [0.25, 0.3) is 0 Å². The standard InChI is InChI=1S/C10H13NO2/c1-12-6-7-4-3-5-8-9(7)11-10(8)13-2/h3-5,10-11H,6H2,1-2H3. The maximum absolute atomic E-state index is 5.19. The molecule has 0 aromatic heterocycles. The summed E-state index contributed by atoms with van der Waals surface area (Å²) in [6.45, 7) is 0.645. The number of hydrogen-bond acceptors (Lipinski definition) is 3. The van der Waals surface area contributed by atoms with Gasteiger partial charge in [0.05, 0.1) is 6.61 Å². The van der Waals surface area contributed by atoms with Crippen LogP contribution < -0.4 is 5.32 Å². The number of methoxy groups -OCH3 is 2. The molecule has 0 aliphatic carbocycles. The lowest BCUT2D eigenvalue weighted by Crippen LogP contribution is -2.25. The Labute approximate surface area is 77.7 Å². The minimum Gasteiger partial charge on any atom is -0.380 e. The van der Waals surface area contributed by atoms with Gasteiger partial charge in [0, 0.05) is 31.0 Å². The molecule has 2 rings (SSSR count). The highest BCUT2D eigenvalue weighted by atomic mass is 16.5. The zero-order valence-corrected chi connectivity index (χ0v) is 7.83. The molecule has 0 saturated heterocycles. The molecule has 3 heteroatoms. The Kier molecular flexibility index (Phi) is 2.20. The number of para-hydroxylation sites is 1. The van der Waals surface area contributed by atoms with Crippen molar-refractivity contribution in [3.63, 3.8) is 0 Å². The quantitative estimate of drug-likeness (QED) is 0.768. The van der Waals surface area contributed by atoms with Crippen molar-refractivity contribution in [1.29, 1.82) is 0 Å². The predicted octanol–water partition coefficient (Wildman–Crippen LogP) is 1.90. The third-order valence-corrected chi connectivity index (χ3v) is 2.28. The predicted molar refractivity (Wildman–Crippen MR) is 50.5 cm³/mol. The number of anilines is 1. The van der Waals surface area contributed by atoms with Crippen LogP contribution in [0.2, 0.25) is 0 Å². The number of ether oxygens (including phenoxy) is 2. The molecule has 1 heterocycles. The minimum absolute atomic E-state index is 0.0619. The molecule has 13 heavy (non-hydrogen) atoms. The van der Waals surface area contributed by atoms with Crippen molar-refractivity contribution in [2.75, 3.05) is 19.5 Å². The van der Waals surface area contributed by atoms with E-state index in [-0.39, 0.29) is 6.23 Å². The molecule has 0 bridgehead atoms. The average Bonchev–Trinajstić information content (AvgIpc) is 2.10. The van der Waals surface area contributed by atoms with E-state index < -0.39 is 0 Å². The fraction of sp³-hybridized carbons (Fsp3) is 0.400. The molecule has 1 N–H and O–H groups in total. The molecule has 1 unspecified atom stereocenters. The zero-order valence-electron chi connectivity index (χ0n) is 7.83. The molecule has 1 aliphatic heterocycles. The van der Waals surface area contributed by atoms with Crippen molar-refractivity contribution < 1.29 is 9.47 Å². The van der Waals surface area contributed by atoms with Crippen LogP contribution >= 0.6 is 0 Å². The number of fused-ring (bicyclic) bond motifs is 1. The normalized spacial score (nSPS) is 18.8. The zero-order chi connectivity index (χ0) is 9.26. The lowest BCUT2D eigenvalue weighted by atomic mass is 9.99. The number of hydrogen-bond donors (Lipinski definition) is 1. The van der Waals surface area contributed by atoms with Gasteiger partial charge in [0.2, 0.25) is 0 Å². The van der Waals surface area contributed by atoms with E-state index in [1.54, 1.807) is 14.2 Å². The first-order valence-electron chi connectivity index (χ1n) is 4.27. The largest absolute Gasteiger partial charge is 0.380 e. The van der Waals surface area contributed by atoms with Gasteiger partial charge in [-0.15, -0.1) is 0 Å². The third kappa shape index (κ3) is 1.30. The van der Waals surface area contributed by atoms with Crippen molar-refractivity contribution in [2.24, 2.45) is 0 Å². The number of benzene rings is 1. The summed E-state index contributed by atoms with van der Waals surface area (Å²) in [5, 5.41) is 3.22. The fourth-order valence-electron chi connectivity index (χ4n) is 1.61. The van der Waals surface area contributed by atoms with E-state index in [1.165, 1.54) is 11.1 Å². The fourth-order valence-corrected chi connectivity index (χ4v) is 1.61. The summed E-state index contributed by atoms with van der Waals surface area (Å²) >= 11 is 0. The first-order valence-corrected chi connectivity index (χ1v) is 4.27. The summed E-state index contributed by atoms with van der Waals surface area (Å²) < 4.78 is 10.3. The Bertz CT molecular complexity index is 298. The van der Waals surface area contributed by atoms with Crippen LogP contribution in [0.4, 0.5) is 5.69 Å². The average molecular weight is 179 g/mol. The van der Waals surface area contributed by atoms with Crippen molar-refractivity contribution in [1.82, 2.24) is 0 Å². The molecular weight excluding hydrogens is 166 g/mol. The first-order chi connectivity index (χ1) is 6.36. The minimum atomic E-state index is 0.0619. The van der Waals surface area contributed by atoms with Gasteiger partial charge in [-0.3, -0.25) is 0 Å². The first kappa shape index (κ1) is 8.53. The second-order valence-corrected chi connectivity index (χ2v) is 3.07. The lowest BCUT2D eigenvalue weighted by Gasteiger charge is -2.33. The maximum atomic E-state index is 5.19. The molecule has 3 nitrogen and oxygen atoms in total. The molecule has 1 aliphatic rings. The second kappa shape index (κ2) is 3.36. The van der Waals surface area contributed by atoms with Crippen LogP contribution in [-0.4, -0.2) is 14.2 Å². The molecule has 1 aromatic rings. The number of nitrogens with one attached hydrogen (secondary N) is 1. The van der Waals surface area contributed by atoms with E-state index in [9.17, 15) is 0 Å². The van der Waals surface area contributed by atoms with Crippen LogP contribution in [0, 0.1) is 0 Å². The van der Waals surface area contributed by atoms with Gasteiger partial charge in [-0.1, -0.05) is 18.2 Å². The van der Waals surface area contributed by atoms with Gasteiger partial charge in [-0.2, -0.15) is 0 Å². The number of rotatable bonds is 3. The van der Waals surface area contributed by atoms with Gasteiger partial charge in [-0.25, -0.2) is 0 Å². The topological polar surface area (TPSA) is 30.5 Å². The Morgan fingerprint density at radius 3 is 2.92 bits per heavy atom. The van der Waals surface area contributed by atoms with Crippen molar-refractivity contribution in [2.45, 2.75) is 12.8 Å². The van der Waals surface area contributed by atoms with E-state index in [0.29, 0.717) is 6.61 Å². The Morgan fingerprint density at radius 1 is 1.38 bits per heavy atom. The van der Waals surface area contributed by atoms with Gasteiger partial charge < -0.3 is 14.8 Å². The van der Waals surface area contributed by atoms with Gasteiger partial charge in [0.1, 0.15) is 0 Å². The van der Waals surface area contributed by atoms with Gasteiger partial charge in [0.25, 0.3) is 0 Å². The highest BCUT2D eigenvalue weighted by Gasteiger charge is 2.26. The monoisotopic (exact) mass is 179 g/mol. The molecule has 0 amide bonds. The van der Waals surface area contributed by atoms with Crippen LogP contribution in [0.15, 0.2) is 18.2 Å². The van der Waals surface area contributed by atoms with Crippen LogP contribution in [0.3, 0.4) is 0 Å². The van der Waals surface area contributed by atoms with E-state index in [1.807, 2.05) is 6.07 Å². The van der Waals surface area contributed by atoms with Crippen LogP contribution in [0.1, 0.15) is 17.4 Å². The summed E-state index contributed by atoms with van der Waals surface area (Å²) in [5.41, 5.74) is 3.57. The lowest BCUT2D eigenvalue weighted by molar-refractivity contribution is 0.114.